The first-order valence-corrected chi connectivity index (χ1v) is 8.52. The Bertz CT molecular complexity index is 804. The third kappa shape index (κ3) is 6.22. The van der Waals surface area contributed by atoms with E-state index in [-0.39, 0.29) is 18.4 Å². The minimum Gasteiger partial charge on any atom is -0.484 e. The molecule has 142 valence electrons. The molecule has 2 N–H and O–H groups in total. The Balaban J connectivity index is 1.86. The van der Waals surface area contributed by atoms with E-state index in [9.17, 15) is 18.8 Å². The smallest absolute Gasteiger partial charge is 0.321 e. The van der Waals surface area contributed by atoms with Gasteiger partial charge in [0.05, 0.1) is 0 Å². The first kappa shape index (κ1) is 20.1. The SMILES string of the molecule is CC[C@@H](C)NC(=O)NC(=O)COc1ccc(C(=O)c2ccc(F)cc2)cc1. The zero-order chi connectivity index (χ0) is 19.8. The van der Waals surface area contributed by atoms with Crippen LogP contribution in [0.3, 0.4) is 0 Å². The summed E-state index contributed by atoms with van der Waals surface area (Å²) < 4.78 is 18.2. The van der Waals surface area contributed by atoms with E-state index in [0.717, 1.165) is 6.42 Å². The van der Waals surface area contributed by atoms with Crippen molar-refractivity contribution in [1.82, 2.24) is 10.6 Å². The van der Waals surface area contributed by atoms with Gasteiger partial charge in [-0.3, -0.25) is 14.9 Å². The van der Waals surface area contributed by atoms with Crippen molar-refractivity contribution in [3.63, 3.8) is 0 Å². The topological polar surface area (TPSA) is 84.5 Å². The Morgan fingerprint density at radius 1 is 1.00 bits per heavy atom. The summed E-state index contributed by atoms with van der Waals surface area (Å²) in [5, 5.41) is 4.78. The van der Waals surface area contributed by atoms with E-state index in [1.165, 1.54) is 24.3 Å². The van der Waals surface area contributed by atoms with Crippen molar-refractivity contribution in [1.29, 1.82) is 0 Å². The second-order valence-electron chi connectivity index (χ2n) is 5.98. The van der Waals surface area contributed by atoms with Gasteiger partial charge in [-0.15, -0.1) is 0 Å². The van der Waals surface area contributed by atoms with Gasteiger partial charge < -0.3 is 10.1 Å². The Hall–Kier alpha value is -3.22. The standard InChI is InChI=1S/C20H21FN2O4/c1-3-13(2)22-20(26)23-18(24)12-27-17-10-6-15(7-11-17)19(25)14-4-8-16(21)9-5-14/h4-11,13H,3,12H2,1-2H3,(H2,22,23,24,26)/t13-/m1/s1. The summed E-state index contributed by atoms with van der Waals surface area (Å²) in [5.74, 6) is -0.863. The molecule has 0 spiro atoms. The number of hydrogen-bond acceptors (Lipinski definition) is 4. The number of ether oxygens (including phenoxy) is 1. The van der Waals surface area contributed by atoms with E-state index in [2.05, 4.69) is 10.6 Å². The van der Waals surface area contributed by atoms with Gasteiger partial charge in [-0.25, -0.2) is 9.18 Å². The van der Waals surface area contributed by atoms with Gasteiger partial charge in [0.1, 0.15) is 11.6 Å². The fourth-order valence-electron chi connectivity index (χ4n) is 2.14. The maximum atomic E-state index is 12.9. The average Bonchev–Trinajstić information content (AvgIpc) is 2.66. The van der Waals surface area contributed by atoms with Crippen molar-refractivity contribution in [2.24, 2.45) is 0 Å². The van der Waals surface area contributed by atoms with E-state index >= 15 is 0 Å². The van der Waals surface area contributed by atoms with Crippen LogP contribution in [0, 0.1) is 5.82 Å². The zero-order valence-corrected chi connectivity index (χ0v) is 15.1. The lowest BCUT2D eigenvalue weighted by Crippen LogP contribution is -2.44. The molecule has 0 saturated heterocycles. The van der Waals surface area contributed by atoms with Gasteiger partial charge >= 0.3 is 6.03 Å². The Morgan fingerprint density at radius 2 is 1.56 bits per heavy atom. The minimum atomic E-state index is -0.581. The molecule has 0 heterocycles. The number of carbonyl (C=O) groups is 3. The van der Waals surface area contributed by atoms with Crippen molar-refractivity contribution in [2.45, 2.75) is 26.3 Å². The maximum absolute atomic E-state index is 12.9. The van der Waals surface area contributed by atoms with Gasteiger partial charge in [0.25, 0.3) is 5.91 Å². The van der Waals surface area contributed by atoms with Crippen LogP contribution < -0.4 is 15.4 Å². The van der Waals surface area contributed by atoms with E-state index in [0.29, 0.717) is 16.9 Å². The van der Waals surface area contributed by atoms with E-state index in [1.54, 1.807) is 24.3 Å². The Kier molecular flexibility index (Phi) is 7.05. The van der Waals surface area contributed by atoms with Gasteiger partial charge in [0, 0.05) is 17.2 Å². The fourth-order valence-corrected chi connectivity index (χ4v) is 2.14. The number of halogens is 1. The van der Waals surface area contributed by atoms with E-state index < -0.39 is 17.8 Å². The predicted molar refractivity (Wildman–Crippen MR) is 98.2 cm³/mol. The van der Waals surface area contributed by atoms with Crippen LogP contribution in [0.2, 0.25) is 0 Å². The molecule has 2 aromatic carbocycles. The average molecular weight is 372 g/mol. The molecule has 0 bridgehead atoms. The van der Waals surface area contributed by atoms with Gasteiger partial charge in [0.2, 0.25) is 0 Å². The normalized spacial score (nSPS) is 11.4. The third-order valence-corrected chi connectivity index (χ3v) is 3.84. The molecule has 6 nitrogen and oxygen atoms in total. The lowest BCUT2D eigenvalue weighted by molar-refractivity contribution is -0.122. The minimum absolute atomic E-state index is 0.0371. The van der Waals surface area contributed by atoms with Crippen LogP contribution in [0.25, 0.3) is 0 Å². The van der Waals surface area contributed by atoms with Crippen LogP contribution in [-0.2, 0) is 4.79 Å². The number of imide groups is 1. The third-order valence-electron chi connectivity index (χ3n) is 3.84. The second-order valence-corrected chi connectivity index (χ2v) is 5.98. The van der Waals surface area contributed by atoms with Gasteiger partial charge in [-0.2, -0.15) is 0 Å². The molecule has 0 aliphatic heterocycles. The van der Waals surface area contributed by atoms with Crippen LogP contribution in [0.15, 0.2) is 48.5 Å². The highest BCUT2D eigenvalue weighted by molar-refractivity contribution is 6.09. The molecule has 1 atom stereocenters. The summed E-state index contributed by atoms with van der Waals surface area (Å²) in [6, 6.07) is 10.9. The number of amides is 3. The molecule has 0 aliphatic rings. The molecular formula is C20H21FN2O4. The van der Waals surface area contributed by atoms with Crippen molar-refractivity contribution in [2.75, 3.05) is 6.61 Å². The molecule has 0 aliphatic carbocycles. The highest BCUT2D eigenvalue weighted by Gasteiger charge is 2.12. The first-order valence-electron chi connectivity index (χ1n) is 8.52. The number of benzene rings is 2. The van der Waals surface area contributed by atoms with Crippen LogP contribution in [0.5, 0.6) is 5.75 Å². The molecular weight excluding hydrogens is 351 g/mol. The van der Waals surface area contributed by atoms with E-state index in [4.69, 9.17) is 4.74 Å². The molecule has 0 unspecified atom stereocenters. The lowest BCUT2D eigenvalue weighted by Gasteiger charge is -2.12. The molecule has 0 aromatic heterocycles. The van der Waals surface area contributed by atoms with E-state index in [1.807, 2.05) is 13.8 Å². The number of hydrogen-bond donors (Lipinski definition) is 2. The monoisotopic (exact) mass is 372 g/mol. The van der Waals surface area contributed by atoms with Gasteiger partial charge in [-0.1, -0.05) is 6.92 Å². The zero-order valence-electron chi connectivity index (χ0n) is 15.1. The Labute approximate surface area is 156 Å². The predicted octanol–water partition coefficient (Wildman–Crippen LogP) is 3.06. The molecule has 27 heavy (non-hydrogen) atoms. The molecule has 3 amide bonds. The molecule has 2 rings (SSSR count). The summed E-state index contributed by atoms with van der Waals surface area (Å²) in [6.07, 6.45) is 0.751. The molecule has 0 radical (unpaired) electrons. The molecule has 2 aromatic rings. The highest BCUT2D eigenvalue weighted by atomic mass is 19.1. The molecule has 0 fully saturated rings. The van der Waals surface area contributed by atoms with Crippen LogP contribution in [-0.4, -0.2) is 30.4 Å². The lowest BCUT2D eigenvalue weighted by atomic mass is 10.0. The number of rotatable bonds is 7. The van der Waals surface area contributed by atoms with Crippen molar-refractivity contribution in [3.05, 3.63) is 65.5 Å². The number of nitrogens with one attached hydrogen (secondary N) is 2. The Morgan fingerprint density at radius 3 is 2.11 bits per heavy atom. The summed E-state index contributed by atoms with van der Waals surface area (Å²) in [7, 11) is 0. The van der Waals surface area contributed by atoms with Crippen LogP contribution in [0.4, 0.5) is 9.18 Å². The largest absolute Gasteiger partial charge is 0.484 e. The second kappa shape index (κ2) is 9.47. The van der Waals surface area contributed by atoms with Crippen molar-refractivity contribution < 1.29 is 23.5 Å². The molecule has 0 saturated carbocycles. The number of urea groups is 1. The highest BCUT2D eigenvalue weighted by Crippen LogP contribution is 2.16. The summed E-state index contributed by atoms with van der Waals surface area (Å²) in [4.78, 5) is 35.5. The number of carbonyl (C=O) groups excluding carboxylic acids is 3. The van der Waals surface area contributed by atoms with Crippen molar-refractivity contribution in [3.8, 4) is 5.75 Å². The van der Waals surface area contributed by atoms with Gasteiger partial charge in [0.15, 0.2) is 12.4 Å². The van der Waals surface area contributed by atoms with Gasteiger partial charge in [-0.05, 0) is 61.9 Å². The maximum Gasteiger partial charge on any atom is 0.321 e. The fraction of sp³-hybridized carbons (Fsp3) is 0.250. The summed E-state index contributed by atoms with van der Waals surface area (Å²) >= 11 is 0. The van der Waals surface area contributed by atoms with Crippen molar-refractivity contribution >= 4 is 17.7 Å². The molecule has 7 heteroatoms. The first-order chi connectivity index (χ1) is 12.9. The summed E-state index contributed by atoms with van der Waals surface area (Å²) in [5.41, 5.74) is 0.781. The quantitative estimate of drug-likeness (QED) is 0.732. The summed E-state index contributed by atoms with van der Waals surface area (Å²) in [6.45, 7) is 3.41. The van der Waals surface area contributed by atoms with Crippen LogP contribution in [0.1, 0.15) is 36.2 Å². The van der Waals surface area contributed by atoms with Crippen LogP contribution >= 0.6 is 0 Å². The number of ketones is 1.